The Morgan fingerprint density at radius 2 is 2.22 bits per heavy atom. The Morgan fingerprint density at radius 1 is 1.39 bits per heavy atom. The highest BCUT2D eigenvalue weighted by Gasteiger charge is 2.02. The molecule has 1 amide bonds. The molecule has 0 radical (unpaired) electrons. The second-order valence-corrected chi connectivity index (χ2v) is 3.79. The third-order valence-corrected chi connectivity index (χ3v) is 2.16. The van der Waals surface area contributed by atoms with Crippen LogP contribution in [0.3, 0.4) is 0 Å². The second kappa shape index (κ2) is 8.49. The number of aliphatic hydroxyl groups excluding tert-OH is 1. The molecule has 0 aliphatic rings. The molecule has 0 aromatic heterocycles. The van der Waals surface area contributed by atoms with Crippen LogP contribution in [-0.2, 0) is 9.53 Å². The van der Waals surface area contributed by atoms with Crippen LogP contribution in [0.15, 0.2) is 24.3 Å². The van der Waals surface area contributed by atoms with Gasteiger partial charge in [-0.15, -0.1) is 0 Å². The van der Waals surface area contributed by atoms with Crippen molar-refractivity contribution in [3.63, 3.8) is 0 Å². The van der Waals surface area contributed by atoms with Crippen LogP contribution < -0.4 is 10.1 Å². The summed E-state index contributed by atoms with van der Waals surface area (Å²) in [6.07, 6.45) is 0. The van der Waals surface area contributed by atoms with E-state index in [1.807, 2.05) is 31.2 Å². The SMILES string of the molecule is Cc1cccc(OCC(=O)NCCOCCO)c1. The lowest BCUT2D eigenvalue weighted by Crippen LogP contribution is -2.31. The van der Waals surface area contributed by atoms with Gasteiger partial charge in [0.1, 0.15) is 5.75 Å². The number of aliphatic hydroxyl groups is 1. The van der Waals surface area contributed by atoms with Crippen molar-refractivity contribution < 1.29 is 19.4 Å². The zero-order valence-electron chi connectivity index (χ0n) is 10.5. The standard InChI is InChI=1S/C13H19NO4/c1-11-3-2-4-12(9-11)18-10-13(16)14-5-7-17-8-6-15/h2-4,9,15H,5-8,10H2,1H3,(H,14,16). The maximum absolute atomic E-state index is 11.4. The molecular formula is C13H19NO4. The van der Waals surface area contributed by atoms with Crippen molar-refractivity contribution in [1.82, 2.24) is 5.32 Å². The molecule has 5 nitrogen and oxygen atoms in total. The zero-order valence-corrected chi connectivity index (χ0v) is 10.5. The molecule has 0 unspecified atom stereocenters. The highest BCUT2D eigenvalue weighted by atomic mass is 16.5. The lowest BCUT2D eigenvalue weighted by molar-refractivity contribution is -0.123. The monoisotopic (exact) mass is 253 g/mol. The van der Waals surface area contributed by atoms with Crippen molar-refractivity contribution >= 4 is 5.91 Å². The van der Waals surface area contributed by atoms with E-state index in [1.54, 1.807) is 0 Å². The third kappa shape index (κ3) is 6.22. The minimum atomic E-state index is -0.191. The molecule has 18 heavy (non-hydrogen) atoms. The van der Waals surface area contributed by atoms with E-state index in [-0.39, 0.29) is 25.7 Å². The van der Waals surface area contributed by atoms with E-state index in [0.29, 0.717) is 18.9 Å². The average Bonchev–Trinajstić information content (AvgIpc) is 2.36. The molecule has 2 N–H and O–H groups in total. The van der Waals surface area contributed by atoms with E-state index >= 15 is 0 Å². The van der Waals surface area contributed by atoms with Crippen molar-refractivity contribution in [2.45, 2.75) is 6.92 Å². The molecule has 1 aromatic rings. The molecule has 0 saturated carbocycles. The van der Waals surface area contributed by atoms with Crippen LogP contribution in [0.25, 0.3) is 0 Å². The topological polar surface area (TPSA) is 67.8 Å². The number of benzene rings is 1. The summed E-state index contributed by atoms with van der Waals surface area (Å²) in [5.41, 5.74) is 1.09. The van der Waals surface area contributed by atoms with Crippen molar-refractivity contribution in [2.75, 3.05) is 33.0 Å². The summed E-state index contributed by atoms with van der Waals surface area (Å²) >= 11 is 0. The normalized spacial score (nSPS) is 10.1. The number of hydrogen-bond acceptors (Lipinski definition) is 4. The van der Waals surface area contributed by atoms with Crippen LogP contribution >= 0.6 is 0 Å². The quantitative estimate of drug-likeness (QED) is 0.662. The Bertz CT molecular complexity index is 368. The molecule has 0 aliphatic heterocycles. The van der Waals surface area contributed by atoms with Gasteiger partial charge in [0.15, 0.2) is 6.61 Å². The zero-order chi connectivity index (χ0) is 13.2. The first-order valence-corrected chi connectivity index (χ1v) is 5.87. The number of rotatable bonds is 8. The number of aryl methyl sites for hydroxylation is 1. The molecule has 0 spiro atoms. The highest BCUT2D eigenvalue weighted by Crippen LogP contribution is 2.11. The van der Waals surface area contributed by atoms with Crippen LogP contribution in [0, 0.1) is 6.92 Å². The lowest BCUT2D eigenvalue weighted by atomic mass is 10.2. The Labute approximate surface area is 107 Å². The summed E-state index contributed by atoms with van der Waals surface area (Å²) in [7, 11) is 0. The molecule has 5 heteroatoms. The van der Waals surface area contributed by atoms with Crippen molar-refractivity contribution in [3.05, 3.63) is 29.8 Å². The van der Waals surface area contributed by atoms with E-state index < -0.39 is 0 Å². The summed E-state index contributed by atoms with van der Waals surface area (Å²) in [6.45, 7) is 3.03. The average molecular weight is 253 g/mol. The molecule has 100 valence electrons. The number of carbonyl (C=O) groups is 1. The van der Waals surface area contributed by atoms with Gasteiger partial charge in [-0.2, -0.15) is 0 Å². The maximum Gasteiger partial charge on any atom is 0.258 e. The van der Waals surface area contributed by atoms with Gasteiger partial charge in [0.25, 0.3) is 5.91 Å². The van der Waals surface area contributed by atoms with Gasteiger partial charge >= 0.3 is 0 Å². The fraction of sp³-hybridized carbons (Fsp3) is 0.462. The van der Waals surface area contributed by atoms with E-state index in [2.05, 4.69) is 5.32 Å². The fourth-order valence-corrected chi connectivity index (χ4v) is 1.33. The van der Waals surface area contributed by atoms with Gasteiger partial charge in [0, 0.05) is 6.54 Å². The second-order valence-electron chi connectivity index (χ2n) is 3.79. The van der Waals surface area contributed by atoms with Crippen LogP contribution in [0.5, 0.6) is 5.75 Å². The van der Waals surface area contributed by atoms with Crippen LogP contribution in [0.1, 0.15) is 5.56 Å². The van der Waals surface area contributed by atoms with E-state index in [0.717, 1.165) is 5.56 Å². The van der Waals surface area contributed by atoms with Gasteiger partial charge in [-0.05, 0) is 24.6 Å². The van der Waals surface area contributed by atoms with Crippen LogP contribution in [0.2, 0.25) is 0 Å². The van der Waals surface area contributed by atoms with E-state index in [4.69, 9.17) is 14.6 Å². The van der Waals surface area contributed by atoms with Gasteiger partial charge in [-0.25, -0.2) is 0 Å². The minimum Gasteiger partial charge on any atom is -0.484 e. The number of carbonyl (C=O) groups excluding carboxylic acids is 1. The van der Waals surface area contributed by atoms with Gasteiger partial charge in [0.05, 0.1) is 19.8 Å². The maximum atomic E-state index is 11.4. The summed E-state index contributed by atoms with van der Waals surface area (Å²) in [5, 5.41) is 11.1. The number of ether oxygens (including phenoxy) is 2. The summed E-state index contributed by atoms with van der Waals surface area (Å²) in [4.78, 5) is 11.4. The number of amides is 1. The summed E-state index contributed by atoms with van der Waals surface area (Å²) in [5.74, 6) is 0.491. The molecule has 0 heterocycles. The predicted molar refractivity (Wildman–Crippen MR) is 67.6 cm³/mol. The largest absolute Gasteiger partial charge is 0.484 e. The highest BCUT2D eigenvalue weighted by molar-refractivity contribution is 5.77. The molecule has 0 fully saturated rings. The van der Waals surface area contributed by atoms with Gasteiger partial charge in [0.2, 0.25) is 0 Å². The van der Waals surface area contributed by atoms with Gasteiger partial charge < -0.3 is 19.9 Å². The first-order chi connectivity index (χ1) is 8.72. The number of nitrogens with one attached hydrogen (secondary N) is 1. The third-order valence-electron chi connectivity index (χ3n) is 2.16. The molecule has 1 aromatic carbocycles. The smallest absolute Gasteiger partial charge is 0.258 e. The van der Waals surface area contributed by atoms with Gasteiger partial charge in [-0.1, -0.05) is 12.1 Å². The molecule has 0 saturated heterocycles. The van der Waals surface area contributed by atoms with Crippen LogP contribution in [0.4, 0.5) is 0 Å². The first-order valence-electron chi connectivity index (χ1n) is 5.87. The molecule has 0 aliphatic carbocycles. The van der Waals surface area contributed by atoms with E-state index in [1.165, 1.54) is 0 Å². The van der Waals surface area contributed by atoms with Gasteiger partial charge in [-0.3, -0.25) is 4.79 Å². The Kier molecular flexibility index (Phi) is 6.83. The predicted octanol–water partition coefficient (Wildman–Crippen LogP) is 0.499. The Morgan fingerprint density at radius 3 is 2.94 bits per heavy atom. The minimum absolute atomic E-state index is 0.00951. The molecule has 0 bridgehead atoms. The fourth-order valence-electron chi connectivity index (χ4n) is 1.33. The summed E-state index contributed by atoms with van der Waals surface area (Å²) in [6, 6.07) is 7.53. The molecule has 1 rings (SSSR count). The van der Waals surface area contributed by atoms with Crippen molar-refractivity contribution in [2.24, 2.45) is 0 Å². The first kappa shape index (κ1) is 14.5. The lowest BCUT2D eigenvalue weighted by Gasteiger charge is -2.08. The Balaban J connectivity index is 2.13. The number of hydrogen-bond donors (Lipinski definition) is 2. The molecule has 0 atom stereocenters. The molecular weight excluding hydrogens is 234 g/mol. The van der Waals surface area contributed by atoms with Crippen molar-refractivity contribution in [3.8, 4) is 5.75 Å². The summed E-state index contributed by atoms with van der Waals surface area (Å²) < 4.78 is 10.3. The Hall–Kier alpha value is -1.59. The van der Waals surface area contributed by atoms with E-state index in [9.17, 15) is 4.79 Å². The van der Waals surface area contributed by atoms with Crippen molar-refractivity contribution in [1.29, 1.82) is 0 Å². The van der Waals surface area contributed by atoms with Crippen LogP contribution in [-0.4, -0.2) is 44.0 Å².